The van der Waals surface area contributed by atoms with Crippen molar-refractivity contribution in [3.8, 4) is 17.4 Å². The molecule has 8 nitrogen and oxygen atoms in total. The summed E-state index contributed by atoms with van der Waals surface area (Å²) >= 11 is 0. The van der Waals surface area contributed by atoms with Crippen molar-refractivity contribution in [3.63, 3.8) is 0 Å². The molecule has 3 rings (SSSR count). The second-order valence-corrected chi connectivity index (χ2v) is 8.11. The summed E-state index contributed by atoms with van der Waals surface area (Å²) in [5.41, 5.74) is 2.21. The van der Waals surface area contributed by atoms with Gasteiger partial charge in [-0.2, -0.15) is 0 Å². The van der Waals surface area contributed by atoms with Gasteiger partial charge in [0.05, 0.1) is 6.61 Å². The number of nitrogens with zero attached hydrogens (tertiary/aromatic N) is 1. The maximum atomic E-state index is 9.55. The van der Waals surface area contributed by atoms with E-state index in [1.54, 1.807) is 0 Å². The second-order valence-electron chi connectivity index (χ2n) is 8.11. The van der Waals surface area contributed by atoms with E-state index in [2.05, 4.69) is 36.3 Å². The molecule has 1 aliphatic rings. The van der Waals surface area contributed by atoms with Crippen LogP contribution < -0.4 is 14.8 Å². The molecule has 0 aliphatic carbocycles. The highest BCUT2D eigenvalue weighted by Gasteiger charge is 2.16. The average Bonchev–Trinajstić information content (AvgIpc) is 2.79. The van der Waals surface area contributed by atoms with Gasteiger partial charge in [0.15, 0.2) is 5.75 Å². The Morgan fingerprint density at radius 2 is 1.79 bits per heavy atom. The molecular formula is C25H32N2O6. The van der Waals surface area contributed by atoms with E-state index in [9.17, 15) is 9.59 Å². The lowest BCUT2D eigenvalue weighted by atomic mass is 10.0. The predicted octanol–water partition coefficient (Wildman–Crippen LogP) is 4.40. The number of piperidine rings is 1. The minimum atomic E-state index is -1.26. The normalized spacial score (nSPS) is 15.6. The summed E-state index contributed by atoms with van der Waals surface area (Å²) in [6, 6.07) is 12.1. The molecule has 1 fully saturated rings. The first-order valence-corrected chi connectivity index (χ1v) is 11.0. The van der Waals surface area contributed by atoms with Crippen molar-refractivity contribution in [1.29, 1.82) is 0 Å². The number of aromatic nitrogens is 1. The van der Waals surface area contributed by atoms with Gasteiger partial charge in [-0.25, -0.2) is 14.6 Å². The van der Waals surface area contributed by atoms with E-state index in [1.807, 2.05) is 31.2 Å². The number of aliphatic carboxylic acids is 2. The quantitative estimate of drug-likeness (QED) is 0.501. The number of rotatable bonds is 8. The molecule has 1 atom stereocenters. The minimum absolute atomic E-state index is 0.508. The van der Waals surface area contributed by atoms with Crippen LogP contribution in [0.4, 0.5) is 0 Å². The van der Waals surface area contributed by atoms with Crippen LogP contribution in [-0.2, 0) is 9.59 Å². The molecule has 2 heterocycles. The zero-order valence-corrected chi connectivity index (χ0v) is 19.3. The fraction of sp³-hybridized carbons (Fsp3) is 0.400. The largest absolute Gasteiger partial charge is 0.488 e. The van der Waals surface area contributed by atoms with Gasteiger partial charge in [0.1, 0.15) is 5.75 Å². The van der Waals surface area contributed by atoms with Crippen LogP contribution in [0.2, 0.25) is 0 Å². The molecule has 1 aliphatic heterocycles. The first-order chi connectivity index (χ1) is 15.7. The predicted molar refractivity (Wildman–Crippen MR) is 125 cm³/mol. The van der Waals surface area contributed by atoms with Gasteiger partial charge >= 0.3 is 11.9 Å². The molecule has 0 unspecified atom stereocenters. The second kappa shape index (κ2) is 13.2. The van der Waals surface area contributed by atoms with Crippen molar-refractivity contribution in [1.82, 2.24) is 10.3 Å². The van der Waals surface area contributed by atoms with Gasteiger partial charge in [0.2, 0.25) is 0 Å². The minimum Gasteiger partial charge on any atom is -0.488 e. The molecule has 0 saturated carbocycles. The molecule has 3 N–H and O–H groups in total. The van der Waals surface area contributed by atoms with E-state index in [0.29, 0.717) is 42.2 Å². The highest BCUT2D eigenvalue weighted by Crippen LogP contribution is 2.31. The third kappa shape index (κ3) is 9.74. The Labute approximate surface area is 194 Å². The number of nitrogens with one attached hydrogen (secondary N) is 1. The Balaban J connectivity index is 0.000000414. The van der Waals surface area contributed by atoms with Crippen LogP contribution in [0, 0.1) is 12.8 Å². The first kappa shape index (κ1) is 25.9. The van der Waals surface area contributed by atoms with Gasteiger partial charge in [-0.05, 0) is 62.1 Å². The summed E-state index contributed by atoms with van der Waals surface area (Å²) in [6.45, 7) is 9.16. The van der Waals surface area contributed by atoms with Crippen LogP contribution >= 0.6 is 0 Å². The van der Waals surface area contributed by atoms with Gasteiger partial charge in [-0.1, -0.05) is 26.0 Å². The summed E-state index contributed by atoms with van der Waals surface area (Å²) in [6.07, 6.45) is 3.54. The van der Waals surface area contributed by atoms with Crippen molar-refractivity contribution in [2.24, 2.45) is 5.92 Å². The SMILES string of the molecule is Cc1ccc(OC[C@H]2CCCNC2)c(Oc2ccc(C(C)C)cc2)n1.O=C(O)/C=C/C(=O)O. The summed E-state index contributed by atoms with van der Waals surface area (Å²) in [7, 11) is 0. The van der Waals surface area contributed by atoms with Gasteiger partial charge in [-0.15, -0.1) is 0 Å². The number of hydrogen-bond donors (Lipinski definition) is 3. The Morgan fingerprint density at radius 1 is 1.12 bits per heavy atom. The lowest BCUT2D eigenvalue weighted by molar-refractivity contribution is -0.134. The molecule has 8 heteroatoms. The molecule has 178 valence electrons. The fourth-order valence-electron chi connectivity index (χ4n) is 3.15. The zero-order valence-electron chi connectivity index (χ0n) is 19.3. The van der Waals surface area contributed by atoms with Crippen LogP contribution in [0.1, 0.15) is 43.9 Å². The third-order valence-electron chi connectivity index (χ3n) is 4.97. The maximum absolute atomic E-state index is 9.55. The molecule has 1 aromatic carbocycles. The van der Waals surface area contributed by atoms with Crippen LogP contribution in [0.5, 0.6) is 17.4 Å². The number of carboxylic acid groups (broad SMARTS) is 2. The molecule has 0 spiro atoms. The van der Waals surface area contributed by atoms with E-state index in [1.165, 1.54) is 18.4 Å². The Kier molecular flexibility index (Phi) is 10.4. The lowest BCUT2D eigenvalue weighted by Gasteiger charge is -2.23. The Hall–Kier alpha value is -3.39. The van der Waals surface area contributed by atoms with Crippen LogP contribution in [0.15, 0.2) is 48.6 Å². The Bertz CT molecular complexity index is 918. The fourth-order valence-corrected chi connectivity index (χ4v) is 3.15. The van der Waals surface area contributed by atoms with E-state index in [4.69, 9.17) is 19.7 Å². The lowest BCUT2D eigenvalue weighted by Crippen LogP contribution is -2.33. The smallest absolute Gasteiger partial charge is 0.328 e. The number of carbonyl (C=O) groups is 2. The number of ether oxygens (including phenoxy) is 2. The average molecular weight is 457 g/mol. The van der Waals surface area contributed by atoms with Gasteiger partial charge < -0.3 is 25.0 Å². The van der Waals surface area contributed by atoms with Gasteiger partial charge in [0, 0.05) is 30.3 Å². The van der Waals surface area contributed by atoms with Crippen LogP contribution in [0.25, 0.3) is 0 Å². The molecule has 2 aromatic rings. The van der Waals surface area contributed by atoms with Crippen LogP contribution in [0.3, 0.4) is 0 Å². The van der Waals surface area contributed by atoms with Crippen molar-refractivity contribution in [3.05, 3.63) is 59.8 Å². The summed E-state index contributed by atoms with van der Waals surface area (Å²) in [5, 5.41) is 19.0. The number of carboxylic acids is 2. The molecule has 0 radical (unpaired) electrons. The van der Waals surface area contributed by atoms with Crippen molar-refractivity contribution in [2.45, 2.75) is 39.5 Å². The molecule has 1 saturated heterocycles. The van der Waals surface area contributed by atoms with Crippen molar-refractivity contribution < 1.29 is 29.3 Å². The number of benzene rings is 1. The maximum Gasteiger partial charge on any atom is 0.328 e. The molecular weight excluding hydrogens is 424 g/mol. The summed E-state index contributed by atoms with van der Waals surface area (Å²) in [4.78, 5) is 23.6. The molecule has 0 amide bonds. The van der Waals surface area contributed by atoms with E-state index < -0.39 is 11.9 Å². The summed E-state index contributed by atoms with van der Waals surface area (Å²) < 4.78 is 12.1. The summed E-state index contributed by atoms with van der Waals surface area (Å²) in [5.74, 6) is 0.582. The van der Waals surface area contributed by atoms with E-state index in [0.717, 1.165) is 24.5 Å². The molecule has 1 aromatic heterocycles. The standard InChI is InChI=1S/C21H28N2O2.C4H4O4/c1-15(2)18-7-9-19(10-8-18)25-21-20(11-6-16(3)23-21)24-14-17-5-4-12-22-13-17;5-3(6)1-2-4(7)8/h6-11,15,17,22H,4-5,12-14H2,1-3H3;1-2H,(H,5,6)(H,7,8)/b;2-1+/t17-;/m0./s1. The third-order valence-corrected chi connectivity index (χ3v) is 4.97. The number of hydrogen-bond acceptors (Lipinski definition) is 6. The van der Waals surface area contributed by atoms with Gasteiger partial charge in [0.25, 0.3) is 5.88 Å². The Morgan fingerprint density at radius 3 is 2.33 bits per heavy atom. The zero-order chi connectivity index (χ0) is 24.2. The van der Waals surface area contributed by atoms with E-state index >= 15 is 0 Å². The topological polar surface area (TPSA) is 118 Å². The highest BCUT2D eigenvalue weighted by atomic mass is 16.5. The van der Waals surface area contributed by atoms with Crippen molar-refractivity contribution in [2.75, 3.05) is 19.7 Å². The van der Waals surface area contributed by atoms with Gasteiger partial charge in [-0.3, -0.25) is 0 Å². The molecule has 0 bridgehead atoms. The molecule has 33 heavy (non-hydrogen) atoms. The van der Waals surface area contributed by atoms with Crippen molar-refractivity contribution >= 4 is 11.9 Å². The van der Waals surface area contributed by atoms with Crippen LogP contribution in [-0.4, -0.2) is 46.8 Å². The number of pyridine rings is 1. The first-order valence-electron chi connectivity index (χ1n) is 11.0. The highest BCUT2D eigenvalue weighted by molar-refractivity contribution is 5.89. The monoisotopic (exact) mass is 456 g/mol. The van der Waals surface area contributed by atoms with E-state index in [-0.39, 0.29) is 0 Å². The number of aryl methyl sites for hydroxylation is 1.